The van der Waals surface area contributed by atoms with Crippen LogP contribution < -0.4 is 5.73 Å². The summed E-state index contributed by atoms with van der Waals surface area (Å²) in [6, 6.07) is 15.2. The van der Waals surface area contributed by atoms with Gasteiger partial charge in [0.1, 0.15) is 11.6 Å². The molecule has 0 aliphatic heterocycles. The van der Waals surface area contributed by atoms with E-state index in [9.17, 15) is 5.11 Å². The number of imidazole rings is 1. The van der Waals surface area contributed by atoms with Crippen LogP contribution >= 0.6 is 0 Å². The summed E-state index contributed by atoms with van der Waals surface area (Å²) < 4.78 is 0. The lowest BCUT2D eigenvalue weighted by molar-refractivity contribution is 0.282. The molecule has 4 aromatic rings. The van der Waals surface area contributed by atoms with Gasteiger partial charge in [-0.25, -0.2) is 15.0 Å². The molecule has 4 N–H and O–H groups in total. The van der Waals surface area contributed by atoms with Crippen molar-refractivity contribution >= 4 is 17.0 Å². The Morgan fingerprint density at radius 1 is 1.04 bits per heavy atom. The molecule has 0 amide bonds. The second-order valence-corrected chi connectivity index (χ2v) is 5.45. The summed E-state index contributed by atoms with van der Waals surface area (Å²) in [7, 11) is 0. The minimum Gasteiger partial charge on any atom is -0.392 e. The third-order valence-electron chi connectivity index (χ3n) is 3.84. The number of anilines is 1. The number of H-pyrrole nitrogens is 1. The number of rotatable bonds is 3. The van der Waals surface area contributed by atoms with E-state index in [4.69, 9.17) is 5.73 Å². The molecule has 0 bridgehead atoms. The number of aliphatic hydroxyl groups is 1. The van der Waals surface area contributed by atoms with Gasteiger partial charge in [0.15, 0.2) is 5.65 Å². The lowest BCUT2D eigenvalue weighted by atomic mass is 10.1. The van der Waals surface area contributed by atoms with Crippen LogP contribution in [0.1, 0.15) is 5.56 Å². The van der Waals surface area contributed by atoms with Crippen LogP contribution in [-0.4, -0.2) is 25.0 Å². The van der Waals surface area contributed by atoms with Crippen LogP contribution in [0.2, 0.25) is 0 Å². The normalized spacial score (nSPS) is 11.0. The molecule has 118 valence electrons. The van der Waals surface area contributed by atoms with Gasteiger partial charge in [0.25, 0.3) is 0 Å². The van der Waals surface area contributed by atoms with E-state index in [1.807, 2.05) is 48.5 Å². The lowest BCUT2D eigenvalue weighted by Gasteiger charge is -2.02. The number of nitrogen functional groups attached to an aromatic ring is 1. The average Bonchev–Trinajstić information content (AvgIpc) is 3.05. The SMILES string of the molecule is Nc1ncccc1-c1nc2nc(-c3cccc(CO)c3)ccc2[nH]1. The molecule has 0 atom stereocenters. The van der Waals surface area contributed by atoms with Crippen LogP contribution in [0.5, 0.6) is 0 Å². The summed E-state index contributed by atoms with van der Waals surface area (Å²) in [5, 5.41) is 9.28. The Morgan fingerprint density at radius 2 is 1.96 bits per heavy atom. The van der Waals surface area contributed by atoms with Gasteiger partial charge >= 0.3 is 0 Å². The van der Waals surface area contributed by atoms with Crippen molar-refractivity contribution in [1.82, 2.24) is 19.9 Å². The van der Waals surface area contributed by atoms with Crippen LogP contribution in [0.25, 0.3) is 33.8 Å². The standard InChI is InChI=1S/C18H15N5O/c19-16-13(5-2-8-20-16)17-22-15-7-6-14(21-18(15)23-17)12-4-1-3-11(9-12)10-24/h1-9,24H,10H2,(H2,19,20)(H,21,22,23). The molecule has 1 aromatic carbocycles. The third-order valence-corrected chi connectivity index (χ3v) is 3.84. The molecule has 3 aromatic heterocycles. The Kier molecular flexibility index (Phi) is 3.44. The molecule has 3 heterocycles. The number of benzene rings is 1. The van der Waals surface area contributed by atoms with Crippen LogP contribution in [0.4, 0.5) is 5.82 Å². The van der Waals surface area contributed by atoms with E-state index >= 15 is 0 Å². The van der Waals surface area contributed by atoms with Crippen molar-refractivity contribution in [1.29, 1.82) is 0 Å². The molecule has 0 unspecified atom stereocenters. The monoisotopic (exact) mass is 317 g/mol. The van der Waals surface area contributed by atoms with E-state index in [1.165, 1.54) is 0 Å². The predicted molar refractivity (Wildman–Crippen MR) is 92.9 cm³/mol. The number of aromatic amines is 1. The maximum Gasteiger partial charge on any atom is 0.178 e. The molecule has 0 fully saturated rings. The lowest BCUT2D eigenvalue weighted by Crippen LogP contribution is -1.93. The maximum absolute atomic E-state index is 9.28. The Morgan fingerprint density at radius 3 is 2.79 bits per heavy atom. The first-order valence-electron chi connectivity index (χ1n) is 7.52. The number of hydrogen-bond acceptors (Lipinski definition) is 5. The molecule has 0 aliphatic carbocycles. The number of nitrogens with one attached hydrogen (secondary N) is 1. The molecule has 4 rings (SSSR count). The van der Waals surface area contributed by atoms with E-state index in [2.05, 4.69) is 19.9 Å². The molecule has 0 aliphatic rings. The second kappa shape index (κ2) is 5.75. The zero-order valence-corrected chi connectivity index (χ0v) is 12.8. The second-order valence-electron chi connectivity index (χ2n) is 5.45. The fourth-order valence-corrected chi connectivity index (χ4v) is 2.63. The van der Waals surface area contributed by atoms with Gasteiger partial charge in [0, 0.05) is 11.8 Å². The van der Waals surface area contributed by atoms with Crippen LogP contribution in [0.3, 0.4) is 0 Å². The number of nitrogens with two attached hydrogens (primary N) is 1. The Labute approximate surface area is 138 Å². The summed E-state index contributed by atoms with van der Waals surface area (Å²) >= 11 is 0. The highest BCUT2D eigenvalue weighted by Crippen LogP contribution is 2.25. The number of aliphatic hydroxyl groups excluding tert-OH is 1. The number of aromatic nitrogens is 4. The summed E-state index contributed by atoms with van der Waals surface area (Å²) in [6.07, 6.45) is 1.64. The fourth-order valence-electron chi connectivity index (χ4n) is 2.63. The molecule has 0 saturated heterocycles. The summed E-state index contributed by atoms with van der Waals surface area (Å²) in [5.74, 6) is 1.07. The molecule has 0 saturated carbocycles. The number of fused-ring (bicyclic) bond motifs is 1. The van der Waals surface area contributed by atoms with Gasteiger partial charge in [0.05, 0.1) is 23.4 Å². The topological polar surface area (TPSA) is 101 Å². The summed E-state index contributed by atoms with van der Waals surface area (Å²) in [4.78, 5) is 16.5. The fraction of sp³-hybridized carbons (Fsp3) is 0.0556. The highest BCUT2D eigenvalue weighted by Gasteiger charge is 2.11. The first kappa shape index (κ1) is 14.3. The quantitative estimate of drug-likeness (QED) is 0.539. The molecular formula is C18H15N5O. The minimum absolute atomic E-state index is 0.00290. The van der Waals surface area contributed by atoms with Gasteiger partial charge < -0.3 is 15.8 Å². The van der Waals surface area contributed by atoms with E-state index < -0.39 is 0 Å². The highest BCUT2D eigenvalue weighted by atomic mass is 16.3. The maximum atomic E-state index is 9.28. The largest absolute Gasteiger partial charge is 0.392 e. The molecule has 0 radical (unpaired) electrons. The number of hydrogen-bond donors (Lipinski definition) is 3. The van der Waals surface area contributed by atoms with Gasteiger partial charge in [-0.3, -0.25) is 0 Å². The van der Waals surface area contributed by atoms with Crippen molar-refractivity contribution < 1.29 is 5.11 Å². The van der Waals surface area contributed by atoms with Crippen LogP contribution in [0.15, 0.2) is 54.7 Å². The molecular weight excluding hydrogens is 302 g/mol. The van der Waals surface area contributed by atoms with Gasteiger partial charge in [-0.2, -0.15) is 0 Å². The summed E-state index contributed by atoms with van der Waals surface area (Å²) in [6.45, 7) is 0.00290. The first-order chi connectivity index (χ1) is 11.7. The van der Waals surface area contributed by atoms with Crippen molar-refractivity contribution in [3.05, 3.63) is 60.3 Å². The van der Waals surface area contributed by atoms with E-state index in [0.29, 0.717) is 17.3 Å². The van der Waals surface area contributed by atoms with Gasteiger partial charge in [0.2, 0.25) is 0 Å². The van der Waals surface area contributed by atoms with E-state index in [-0.39, 0.29) is 6.61 Å². The van der Waals surface area contributed by atoms with Gasteiger partial charge in [-0.05, 0) is 35.9 Å². The Hall–Kier alpha value is -3.25. The summed E-state index contributed by atoms with van der Waals surface area (Å²) in [5.41, 5.74) is 10.7. The minimum atomic E-state index is 0.00290. The van der Waals surface area contributed by atoms with Crippen molar-refractivity contribution in [2.45, 2.75) is 6.61 Å². The van der Waals surface area contributed by atoms with Gasteiger partial charge in [-0.15, -0.1) is 0 Å². The molecule has 24 heavy (non-hydrogen) atoms. The molecule has 6 heteroatoms. The zero-order valence-electron chi connectivity index (χ0n) is 12.8. The highest BCUT2D eigenvalue weighted by molar-refractivity contribution is 5.81. The number of nitrogens with zero attached hydrogens (tertiary/aromatic N) is 3. The predicted octanol–water partition coefficient (Wildman–Crippen LogP) is 2.76. The van der Waals surface area contributed by atoms with Crippen molar-refractivity contribution in [2.75, 3.05) is 5.73 Å². The van der Waals surface area contributed by atoms with Crippen molar-refractivity contribution in [3.8, 4) is 22.6 Å². The number of pyridine rings is 2. The first-order valence-corrected chi connectivity index (χ1v) is 7.52. The molecule has 6 nitrogen and oxygen atoms in total. The third kappa shape index (κ3) is 2.49. The van der Waals surface area contributed by atoms with Crippen molar-refractivity contribution in [2.24, 2.45) is 0 Å². The Balaban J connectivity index is 1.80. The Bertz CT molecular complexity index is 1020. The van der Waals surface area contributed by atoms with Crippen molar-refractivity contribution in [3.63, 3.8) is 0 Å². The van der Waals surface area contributed by atoms with Gasteiger partial charge in [-0.1, -0.05) is 18.2 Å². The van der Waals surface area contributed by atoms with E-state index in [1.54, 1.807) is 6.20 Å². The molecule has 0 spiro atoms. The van der Waals surface area contributed by atoms with E-state index in [0.717, 1.165) is 27.9 Å². The smallest absolute Gasteiger partial charge is 0.178 e. The zero-order chi connectivity index (χ0) is 16.5. The average molecular weight is 317 g/mol. The van der Waals surface area contributed by atoms with Crippen LogP contribution in [0, 0.1) is 0 Å². The van der Waals surface area contributed by atoms with Crippen LogP contribution in [-0.2, 0) is 6.61 Å².